The Labute approximate surface area is 166 Å². The van der Waals surface area contributed by atoms with Crippen LogP contribution in [0.25, 0.3) is 0 Å². The van der Waals surface area contributed by atoms with Crippen LogP contribution in [0.2, 0.25) is 0 Å². The number of likely N-dealkylation sites (tertiary alicyclic amines) is 1. The quantitative estimate of drug-likeness (QED) is 0.834. The normalized spacial score (nSPS) is 16.6. The number of aromatic nitrogens is 1. The summed E-state index contributed by atoms with van der Waals surface area (Å²) in [4.78, 5) is 19.1. The number of amides is 2. The fraction of sp³-hybridized carbons (Fsp3) is 0.429. The second-order valence-electron chi connectivity index (χ2n) is 7.47. The standard InChI is InChI=1S/C21H27N3O3S/c1-16(18-6-8-20(9-7-18)28(2,26)27)23-21(25)24-13-10-17(11-14-24)15-19-5-3-4-12-22-19/h3-9,12,16-17H,10-11,13-15H2,1-2H3,(H,23,25). The maximum absolute atomic E-state index is 12.6. The van der Waals surface area contributed by atoms with E-state index in [9.17, 15) is 13.2 Å². The Morgan fingerprint density at radius 3 is 2.43 bits per heavy atom. The highest BCUT2D eigenvalue weighted by atomic mass is 32.2. The minimum Gasteiger partial charge on any atom is -0.331 e. The highest BCUT2D eigenvalue weighted by molar-refractivity contribution is 7.90. The number of pyridine rings is 1. The second kappa shape index (κ2) is 8.73. The molecule has 1 saturated heterocycles. The van der Waals surface area contributed by atoms with Gasteiger partial charge < -0.3 is 10.2 Å². The van der Waals surface area contributed by atoms with E-state index >= 15 is 0 Å². The molecule has 1 aliphatic heterocycles. The number of hydrogen-bond donors (Lipinski definition) is 1. The third-order valence-corrected chi connectivity index (χ3v) is 6.40. The van der Waals surface area contributed by atoms with Crippen molar-refractivity contribution in [1.29, 1.82) is 0 Å². The average molecular weight is 402 g/mol. The Bertz CT molecular complexity index is 890. The van der Waals surface area contributed by atoms with Crippen molar-refractivity contribution >= 4 is 15.9 Å². The van der Waals surface area contributed by atoms with Crippen LogP contribution in [0.15, 0.2) is 53.6 Å². The molecule has 0 radical (unpaired) electrons. The molecule has 0 bridgehead atoms. The van der Waals surface area contributed by atoms with Gasteiger partial charge in [0.05, 0.1) is 10.9 Å². The van der Waals surface area contributed by atoms with Gasteiger partial charge in [0.1, 0.15) is 0 Å². The summed E-state index contributed by atoms with van der Waals surface area (Å²) in [6.07, 6.45) is 5.91. The molecule has 2 amide bonds. The van der Waals surface area contributed by atoms with Crippen LogP contribution in [0.1, 0.15) is 37.1 Å². The molecule has 3 rings (SSSR count). The first kappa shape index (κ1) is 20.3. The highest BCUT2D eigenvalue weighted by Gasteiger charge is 2.24. The Kier molecular flexibility index (Phi) is 6.34. The zero-order valence-corrected chi connectivity index (χ0v) is 17.2. The van der Waals surface area contributed by atoms with Crippen molar-refractivity contribution < 1.29 is 13.2 Å². The van der Waals surface area contributed by atoms with Gasteiger partial charge in [-0.3, -0.25) is 4.98 Å². The van der Waals surface area contributed by atoms with Crippen LogP contribution >= 0.6 is 0 Å². The summed E-state index contributed by atoms with van der Waals surface area (Å²) in [6, 6.07) is 12.4. The van der Waals surface area contributed by atoms with Gasteiger partial charge in [-0.25, -0.2) is 13.2 Å². The minimum atomic E-state index is -3.21. The molecule has 1 aromatic heterocycles. The van der Waals surface area contributed by atoms with Gasteiger partial charge in [-0.1, -0.05) is 18.2 Å². The maximum Gasteiger partial charge on any atom is 0.317 e. The molecule has 7 heteroatoms. The second-order valence-corrected chi connectivity index (χ2v) is 9.48. The van der Waals surface area contributed by atoms with Crippen molar-refractivity contribution in [3.05, 3.63) is 59.9 Å². The molecule has 0 saturated carbocycles. The molecule has 2 aromatic rings. The third kappa shape index (κ3) is 5.32. The van der Waals surface area contributed by atoms with Gasteiger partial charge in [0.2, 0.25) is 0 Å². The van der Waals surface area contributed by atoms with E-state index in [1.54, 1.807) is 24.3 Å². The van der Waals surface area contributed by atoms with Crippen molar-refractivity contribution in [3.8, 4) is 0 Å². The highest BCUT2D eigenvalue weighted by Crippen LogP contribution is 2.22. The topological polar surface area (TPSA) is 79.4 Å². The zero-order chi connectivity index (χ0) is 20.1. The van der Waals surface area contributed by atoms with Gasteiger partial charge in [0.15, 0.2) is 9.84 Å². The van der Waals surface area contributed by atoms with Crippen molar-refractivity contribution in [2.75, 3.05) is 19.3 Å². The van der Waals surface area contributed by atoms with Gasteiger partial charge >= 0.3 is 6.03 Å². The Hall–Kier alpha value is -2.41. The Balaban J connectivity index is 1.50. The lowest BCUT2D eigenvalue weighted by Crippen LogP contribution is -2.45. The van der Waals surface area contributed by atoms with Crippen molar-refractivity contribution in [1.82, 2.24) is 15.2 Å². The monoisotopic (exact) mass is 401 g/mol. The van der Waals surface area contributed by atoms with E-state index < -0.39 is 9.84 Å². The van der Waals surface area contributed by atoms with Crippen LogP contribution in [0.4, 0.5) is 4.79 Å². The molecule has 28 heavy (non-hydrogen) atoms. The molecule has 0 spiro atoms. The predicted molar refractivity (Wildman–Crippen MR) is 109 cm³/mol. The maximum atomic E-state index is 12.6. The molecule has 1 unspecified atom stereocenters. The SMILES string of the molecule is CC(NC(=O)N1CCC(Cc2ccccn2)CC1)c1ccc(S(C)(=O)=O)cc1. The Morgan fingerprint density at radius 1 is 1.18 bits per heavy atom. The molecule has 1 aromatic carbocycles. The van der Waals surface area contributed by atoms with Crippen LogP contribution in [-0.4, -0.2) is 43.7 Å². The van der Waals surface area contributed by atoms with E-state index in [0.717, 1.165) is 43.6 Å². The average Bonchev–Trinajstić information content (AvgIpc) is 2.68. The van der Waals surface area contributed by atoms with Crippen LogP contribution in [0, 0.1) is 5.92 Å². The molecule has 1 N–H and O–H groups in total. The number of carbonyl (C=O) groups excluding carboxylic acids is 1. The minimum absolute atomic E-state index is 0.0732. The largest absolute Gasteiger partial charge is 0.331 e. The first-order valence-electron chi connectivity index (χ1n) is 9.58. The van der Waals surface area contributed by atoms with Crippen LogP contribution < -0.4 is 5.32 Å². The number of sulfone groups is 1. The van der Waals surface area contributed by atoms with E-state index in [4.69, 9.17) is 0 Å². The number of nitrogens with one attached hydrogen (secondary N) is 1. The zero-order valence-electron chi connectivity index (χ0n) is 16.3. The summed E-state index contributed by atoms with van der Waals surface area (Å²) in [5.41, 5.74) is 1.99. The Morgan fingerprint density at radius 2 is 1.86 bits per heavy atom. The smallest absolute Gasteiger partial charge is 0.317 e. The number of hydrogen-bond acceptors (Lipinski definition) is 4. The molecule has 2 heterocycles. The van der Waals surface area contributed by atoms with Crippen LogP contribution in [0.5, 0.6) is 0 Å². The fourth-order valence-corrected chi connectivity index (χ4v) is 4.15. The van der Waals surface area contributed by atoms with E-state index in [-0.39, 0.29) is 17.0 Å². The van der Waals surface area contributed by atoms with Crippen molar-refractivity contribution in [2.45, 2.75) is 37.1 Å². The molecule has 150 valence electrons. The number of piperidine rings is 1. The number of benzene rings is 1. The summed E-state index contributed by atoms with van der Waals surface area (Å²) in [5, 5.41) is 3.01. The summed E-state index contributed by atoms with van der Waals surface area (Å²) < 4.78 is 23.1. The molecule has 0 aliphatic carbocycles. The van der Waals surface area contributed by atoms with Gasteiger partial charge in [0, 0.05) is 31.2 Å². The van der Waals surface area contributed by atoms with Gasteiger partial charge in [-0.15, -0.1) is 0 Å². The summed E-state index contributed by atoms with van der Waals surface area (Å²) in [6.45, 7) is 3.38. The van der Waals surface area contributed by atoms with Gasteiger partial charge in [-0.2, -0.15) is 0 Å². The number of nitrogens with zero attached hydrogens (tertiary/aromatic N) is 2. The number of urea groups is 1. The van der Waals surface area contributed by atoms with E-state index in [1.807, 2.05) is 30.2 Å². The van der Waals surface area contributed by atoms with Gasteiger partial charge in [-0.05, 0) is 61.9 Å². The van der Waals surface area contributed by atoms with Crippen molar-refractivity contribution in [2.24, 2.45) is 5.92 Å². The van der Waals surface area contributed by atoms with Gasteiger partial charge in [0.25, 0.3) is 0 Å². The first-order chi connectivity index (χ1) is 13.3. The van der Waals surface area contributed by atoms with E-state index in [0.29, 0.717) is 5.92 Å². The molecule has 1 atom stereocenters. The third-order valence-electron chi connectivity index (χ3n) is 5.27. The van der Waals surface area contributed by atoms with Crippen LogP contribution in [-0.2, 0) is 16.3 Å². The number of carbonyl (C=O) groups is 1. The van der Waals surface area contributed by atoms with E-state index in [1.165, 1.54) is 6.26 Å². The summed E-state index contributed by atoms with van der Waals surface area (Å²) in [7, 11) is -3.21. The molecule has 1 fully saturated rings. The summed E-state index contributed by atoms with van der Waals surface area (Å²) in [5.74, 6) is 0.555. The molecular weight excluding hydrogens is 374 g/mol. The molecular formula is C21H27N3O3S. The predicted octanol–water partition coefficient (Wildman–Crippen LogP) is 3.21. The van der Waals surface area contributed by atoms with Crippen molar-refractivity contribution in [3.63, 3.8) is 0 Å². The number of rotatable bonds is 5. The lowest BCUT2D eigenvalue weighted by atomic mass is 9.92. The lowest BCUT2D eigenvalue weighted by molar-refractivity contribution is 0.167. The molecule has 6 nitrogen and oxygen atoms in total. The van der Waals surface area contributed by atoms with E-state index in [2.05, 4.69) is 16.4 Å². The lowest BCUT2D eigenvalue weighted by Gasteiger charge is -2.32. The summed E-state index contributed by atoms with van der Waals surface area (Å²) >= 11 is 0. The molecule has 1 aliphatic rings. The van der Waals surface area contributed by atoms with Crippen LogP contribution in [0.3, 0.4) is 0 Å². The fourth-order valence-electron chi connectivity index (χ4n) is 3.52. The first-order valence-corrected chi connectivity index (χ1v) is 11.5.